The lowest BCUT2D eigenvalue weighted by Gasteiger charge is -2.30. The van der Waals surface area contributed by atoms with Gasteiger partial charge < -0.3 is 4.90 Å². The third kappa shape index (κ3) is 2.70. The number of carbonyl (C=O) groups is 1. The Morgan fingerprint density at radius 2 is 2.28 bits per heavy atom. The first-order chi connectivity index (χ1) is 8.45. The number of alkyl halides is 1. The molecular formula is C13H18ClNOS2. The number of halogens is 1. The maximum atomic E-state index is 12.5. The highest BCUT2D eigenvalue weighted by atomic mass is 35.5. The Morgan fingerprint density at radius 1 is 1.56 bits per heavy atom. The summed E-state index contributed by atoms with van der Waals surface area (Å²) in [6.45, 7) is 6.76. The molecule has 1 saturated heterocycles. The fourth-order valence-corrected chi connectivity index (χ4v) is 4.43. The Balaban J connectivity index is 2.20. The van der Waals surface area contributed by atoms with Crippen molar-refractivity contribution in [2.75, 3.05) is 18.2 Å². The van der Waals surface area contributed by atoms with Crippen molar-refractivity contribution in [3.63, 3.8) is 0 Å². The maximum Gasteiger partial charge on any atom is 0.230 e. The number of hydrogen-bond acceptors (Lipinski definition) is 3. The minimum absolute atomic E-state index is 0.165. The lowest BCUT2D eigenvalue weighted by molar-refractivity contribution is -0.139. The quantitative estimate of drug-likeness (QED) is 0.790. The van der Waals surface area contributed by atoms with Crippen molar-refractivity contribution in [1.82, 2.24) is 4.90 Å². The average molecular weight is 304 g/mol. The van der Waals surface area contributed by atoms with E-state index in [1.54, 1.807) is 11.3 Å². The van der Waals surface area contributed by atoms with Crippen LogP contribution in [0.3, 0.4) is 0 Å². The summed E-state index contributed by atoms with van der Waals surface area (Å²) in [7, 11) is 0. The Kier molecular flexibility index (Phi) is 4.29. The lowest BCUT2D eigenvalue weighted by atomic mass is 9.94. The second kappa shape index (κ2) is 5.43. The van der Waals surface area contributed by atoms with Crippen molar-refractivity contribution in [2.45, 2.75) is 26.1 Å². The minimum atomic E-state index is -0.475. The van der Waals surface area contributed by atoms with Crippen LogP contribution in [0.1, 0.15) is 29.0 Å². The van der Waals surface area contributed by atoms with E-state index in [0.29, 0.717) is 5.88 Å². The molecule has 100 valence electrons. The van der Waals surface area contributed by atoms with Gasteiger partial charge in [0.2, 0.25) is 5.91 Å². The molecule has 2 heterocycles. The molecule has 0 aliphatic carbocycles. The van der Waals surface area contributed by atoms with Crippen LogP contribution in [-0.2, 0) is 4.79 Å². The van der Waals surface area contributed by atoms with Crippen LogP contribution in [0.5, 0.6) is 0 Å². The number of hydrogen-bond donors (Lipinski definition) is 0. The first kappa shape index (κ1) is 14.2. The molecule has 5 heteroatoms. The van der Waals surface area contributed by atoms with Gasteiger partial charge >= 0.3 is 0 Å². The van der Waals surface area contributed by atoms with Crippen molar-refractivity contribution >= 4 is 40.6 Å². The summed E-state index contributed by atoms with van der Waals surface area (Å²) in [6.07, 6.45) is 0. The molecule has 0 aromatic carbocycles. The minimum Gasteiger partial charge on any atom is -0.324 e. The van der Waals surface area contributed by atoms with Crippen LogP contribution in [-0.4, -0.2) is 29.0 Å². The van der Waals surface area contributed by atoms with E-state index in [0.717, 1.165) is 12.3 Å². The highest BCUT2D eigenvalue weighted by Crippen LogP contribution is 2.42. The van der Waals surface area contributed by atoms with Crippen LogP contribution < -0.4 is 0 Å². The van der Waals surface area contributed by atoms with E-state index in [1.807, 2.05) is 30.5 Å². The van der Waals surface area contributed by atoms with E-state index in [9.17, 15) is 4.79 Å². The van der Waals surface area contributed by atoms with Crippen molar-refractivity contribution in [2.24, 2.45) is 5.41 Å². The van der Waals surface area contributed by atoms with Gasteiger partial charge in [0.05, 0.1) is 5.41 Å². The van der Waals surface area contributed by atoms with E-state index in [4.69, 9.17) is 11.6 Å². The van der Waals surface area contributed by atoms with Crippen LogP contribution in [0, 0.1) is 12.3 Å². The monoisotopic (exact) mass is 303 g/mol. The molecule has 1 atom stereocenters. The van der Waals surface area contributed by atoms with E-state index in [-0.39, 0.29) is 11.3 Å². The molecule has 1 aromatic rings. The molecule has 0 saturated carbocycles. The van der Waals surface area contributed by atoms with Gasteiger partial charge in [0.25, 0.3) is 0 Å². The largest absolute Gasteiger partial charge is 0.324 e. The van der Waals surface area contributed by atoms with E-state index >= 15 is 0 Å². The lowest BCUT2D eigenvalue weighted by Crippen LogP contribution is -2.41. The molecule has 0 radical (unpaired) electrons. The summed E-state index contributed by atoms with van der Waals surface area (Å²) in [4.78, 5) is 17.1. The summed E-state index contributed by atoms with van der Waals surface area (Å²) < 4.78 is 0. The van der Waals surface area contributed by atoms with E-state index in [1.165, 1.54) is 9.75 Å². The normalized spacial score (nSPS) is 20.4. The van der Waals surface area contributed by atoms with Gasteiger partial charge in [0, 0.05) is 27.9 Å². The Labute approximate surface area is 122 Å². The number of thiophene rings is 1. The number of amides is 1. The van der Waals surface area contributed by atoms with Crippen LogP contribution in [0.2, 0.25) is 0 Å². The number of aryl methyl sites for hydroxylation is 1. The van der Waals surface area contributed by atoms with Gasteiger partial charge in [-0.15, -0.1) is 34.7 Å². The van der Waals surface area contributed by atoms with Gasteiger partial charge in [-0.3, -0.25) is 4.79 Å². The van der Waals surface area contributed by atoms with Crippen LogP contribution in [0.15, 0.2) is 12.1 Å². The van der Waals surface area contributed by atoms with Crippen molar-refractivity contribution in [3.05, 3.63) is 21.9 Å². The summed E-state index contributed by atoms with van der Waals surface area (Å²) in [5.74, 6) is 1.54. The van der Waals surface area contributed by atoms with Gasteiger partial charge in [-0.25, -0.2) is 0 Å². The molecule has 18 heavy (non-hydrogen) atoms. The third-order valence-corrected chi connectivity index (χ3v) is 6.18. The third-order valence-electron chi connectivity index (χ3n) is 3.07. The molecule has 1 amide bonds. The Morgan fingerprint density at radius 3 is 2.83 bits per heavy atom. The van der Waals surface area contributed by atoms with Crippen LogP contribution in [0.25, 0.3) is 0 Å². The molecule has 0 spiro atoms. The van der Waals surface area contributed by atoms with Gasteiger partial charge in [-0.1, -0.05) is 0 Å². The molecule has 2 rings (SSSR count). The Bertz CT molecular complexity index is 444. The molecule has 1 aliphatic heterocycles. The molecule has 0 unspecified atom stereocenters. The van der Waals surface area contributed by atoms with Crippen LogP contribution >= 0.6 is 34.7 Å². The molecule has 1 aliphatic rings. The van der Waals surface area contributed by atoms with E-state index in [2.05, 4.69) is 19.1 Å². The predicted octanol–water partition coefficient (Wildman–Crippen LogP) is 3.90. The topological polar surface area (TPSA) is 20.3 Å². The summed E-state index contributed by atoms with van der Waals surface area (Å²) in [6, 6.07) is 4.26. The predicted molar refractivity (Wildman–Crippen MR) is 80.5 cm³/mol. The zero-order valence-corrected chi connectivity index (χ0v) is 13.3. The summed E-state index contributed by atoms with van der Waals surface area (Å²) in [5, 5.41) is 0.179. The molecule has 1 aromatic heterocycles. The molecular weight excluding hydrogens is 286 g/mol. The van der Waals surface area contributed by atoms with E-state index < -0.39 is 5.41 Å². The van der Waals surface area contributed by atoms with Gasteiger partial charge in [0.15, 0.2) is 0 Å². The van der Waals surface area contributed by atoms with Crippen molar-refractivity contribution in [1.29, 1.82) is 0 Å². The van der Waals surface area contributed by atoms with Gasteiger partial charge in [-0.05, 0) is 32.9 Å². The molecule has 0 N–H and O–H groups in total. The van der Waals surface area contributed by atoms with Crippen LogP contribution in [0.4, 0.5) is 0 Å². The number of carbonyl (C=O) groups excluding carboxylic acids is 1. The number of thioether (sulfide) groups is 1. The average Bonchev–Trinajstić information content (AvgIpc) is 2.95. The van der Waals surface area contributed by atoms with Gasteiger partial charge in [-0.2, -0.15) is 0 Å². The zero-order chi connectivity index (χ0) is 13.3. The first-order valence-corrected chi connectivity index (χ1v) is 8.40. The second-order valence-corrected chi connectivity index (χ2v) is 7.96. The molecule has 1 fully saturated rings. The van der Waals surface area contributed by atoms with Gasteiger partial charge in [0.1, 0.15) is 5.37 Å². The smallest absolute Gasteiger partial charge is 0.230 e. The molecule has 2 nitrogen and oxygen atoms in total. The SMILES string of the molecule is Cc1ccc([C@H]2SCCN2C(=O)C(C)(C)CCl)s1. The summed E-state index contributed by atoms with van der Waals surface area (Å²) >= 11 is 9.53. The van der Waals surface area contributed by atoms with Crippen molar-refractivity contribution in [3.8, 4) is 0 Å². The highest BCUT2D eigenvalue weighted by Gasteiger charge is 2.38. The summed E-state index contributed by atoms with van der Waals surface area (Å²) in [5.41, 5.74) is -0.475. The highest BCUT2D eigenvalue weighted by molar-refractivity contribution is 7.99. The maximum absolute atomic E-state index is 12.5. The number of nitrogens with zero attached hydrogens (tertiary/aromatic N) is 1. The molecule has 0 bridgehead atoms. The fraction of sp³-hybridized carbons (Fsp3) is 0.615. The standard InChI is InChI=1S/C13H18ClNOS2/c1-9-4-5-10(18-9)11-15(6-7-17-11)12(16)13(2,3)8-14/h4-5,11H,6-8H2,1-3H3/t11-/m1/s1. The zero-order valence-electron chi connectivity index (χ0n) is 10.9. The van der Waals surface area contributed by atoms with Crippen molar-refractivity contribution < 1.29 is 4.79 Å². The number of rotatable bonds is 3. The Hall–Kier alpha value is -0.190. The fourth-order valence-electron chi connectivity index (χ4n) is 1.95. The second-order valence-electron chi connectivity index (χ2n) is 5.19. The first-order valence-electron chi connectivity index (χ1n) is 6.00.